The van der Waals surface area contributed by atoms with Gasteiger partial charge in [-0.15, -0.1) is 0 Å². The van der Waals surface area contributed by atoms with E-state index in [0.29, 0.717) is 125 Å². The fourth-order valence-corrected chi connectivity index (χ4v) is 5.74. The topological polar surface area (TPSA) is 131 Å². The first kappa shape index (κ1) is 55.2. The van der Waals surface area contributed by atoms with Crippen molar-refractivity contribution < 1.29 is 70.1 Å². The molecule has 356 valence electrons. The molecule has 0 atom stereocenters. The zero-order valence-electron chi connectivity index (χ0n) is 37.1. The molecule has 0 radical (unpaired) electrons. The maximum absolute atomic E-state index is 13.1. The molecule has 0 fully saturated rings. The van der Waals surface area contributed by atoms with E-state index < -0.39 is 17.7 Å². The third-order valence-electron chi connectivity index (χ3n) is 9.07. The zero-order chi connectivity index (χ0) is 44.4. The number of carbonyl (C=O) groups is 1. The molecule has 13 nitrogen and oxygen atoms in total. The predicted molar refractivity (Wildman–Crippen MR) is 231 cm³/mol. The van der Waals surface area contributed by atoms with Gasteiger partial charge in [0.15, 0.2) is 0 Å². The number of hydrogen-bond donors (Lipinski definition) is 1. The average molecular weight is 890 g/mol. The highest BCUT2D eigenvalue weighted by Crippen LogP contribution is 2.32. The Labute approximate surface area is 367 Å². The van der Waals surface area contributed by atoms with Crippen LogP contribution >= 0.6 is 0 Å². The normalized spacial score (nSPS) is 11.7. The van der Waals surface area contributed by atoms with Crippen LogP contribution < -0.4 is 5.32 Å². The predicted octanol–water partition coefficient (Wildman–Crippen LogP) is 8.69. The molecular formula is C46H74F3NO12. The lowest BCUT2D eigenvalue weighted by molar-refractivity contribution is -0.137. The summed E-state index contributed by atoms with van der Waals surface area (Å²) in [7, 11) is 0. The lowest BCUT2D eigenvalue weighted by Gasteiger charge is -2.13. The Bertz CT molecular complexity index is 1330. The first-order valence-electron chi connectivity index (χ1n) is 22.4. The second-order valence-electron chi connectivity index (χ2n) is 14.2. The Morgan fingerprint density at radius 2 is 0.823 bits per heavy atom. The van der Waals surface area contributed by atoms with Crippen LogP contribution in [-0.2, 0) is 58.3 Å². The van der Waals surface area contributed by atoms with Crippen LogP contribution in [0.3, 0.4) is 0 Å². The van der Waals surface area contributed by atoms with Crippen molar-refractivity contribution in [2.45, 2.75) is 77.3 Å². The van der Waals surface area contributed by atoms with E-state index in [1.54, 1.807) is 18.2 Å². The summed E-state index contributed by atoms with van der Waals surface area (Å²) in [6.45, 7) is 11.7. The van der Waals surface area contributed by atoms with Gasteiger partial charge in [0, 0.05) is 12.3 Å². The van der Waals surface area contributed by atoms with Crippen LogP contribution in [0.4, 0.5) is 24.5 Å². The lowest BCUT2D eigenvalue weighted by atomic mass is 10.1. The van der Waals surface area contributed by atoms with E-state index in [4.69, 9.17) is 52.1 Å². The molecule has 0 spiro atoms. The molecule has 0 amide bonds. The Hall–Kier alpha value is -2.90. The van der Waals surface area contributed by atoms with E-state index >= 15 is 0 Å². The van der Waals surface area contributed by atoms with E-state index in [0.717, 1.165) is 25.2 Å². The SMILES string of the molecule is CCCCCCCCCCCCOCCOCCOCCOCCOCCOCCOCCOCCOCCOCCOC(=O)c1ccccc1Nc1cccc(C(F)(F)F)c1. The summed E-state index contributed by atoms with van der Waals surface area (Å²) in [4.78, 5) is 12.6. The number of carbonyl (C=O) groups excluding carboxylic acids is 1. The highest BCUT2D eigenvalue weighted by atomic mass is 19.4. The maximum Gasteiger partial charge on any atom is 0.416 e. The van der Waals surface area contributed by atoms with Crippen molar-refractivity contribution in [3.63, 3.8) is 0 Å². The lowest BCUT2D eigenvalue weighted by Crippen LogP contribution is -2.16. The molecule has 62 heavy (non-hydrogen) atoms. The van der Waals surface area contributed by atoms with Crippen LogP contribution in [0, 0.1) is 0 Å². The van der Waals surface area contributed by atoms with Crippen molar-refractivity contribution in [1.82, 2.24) is 0 Å². The van der Waals surface area contributed by atoms with E-state index in [1.165, 1.54) is 76.0 Å². The third-order valence-corrected chi connectivity index (χ3v) is 9.07. The van der Waals surface area contributed by atoms with E-state index in [9.17, 15) is 18.0 Å². The Kier molecular flexibility index (Phi) is 35.3. The minimum atomic E-state index is -4.48. The minimum Gasteiger partial charge on any atom is -0.460 e. The van der Waals surface area contributed by atoms with E-state index in [1.807, 2.05) is 0 Å². The third kappa shape index (κ3) is 31.9. The first-order valence-corrected chi connectivity index (χ1v) is 22.4. The van der Waals surface area contributed by atoms with Gasteiger partial charge in [0.05, 0.1) is 142 Å². The van der Waals surface area contributed by atoms with Crippen molar-refractivity contribution in [1.29, 1.82) is 0 Å². The maximum atomic E-state index is 13.1. The Balaban J connectivity index is 1.23. The molecule has 0 saturated carbocycles. The molecule has 1 N–H and O–H groups in total. The van der Waals surface area contributed by atoms with Gasteiger partial charge in [0.1, 0.15) is 6.61 Å². The number of anilines is 2. The second kappa shape index (κ2) is 39.7. The molecular weight excluding hydrogens is 815 g/mol. The number of halogens is 3. The average Bonchev–Trinajstić information content (AvgIpc) is 3.27. The van der Waals surface area contributed by atoms with Crippen LogP contribution in [0.15, 0.2) is 48.5 Å². The van der Waals surface area contributed by atoms with Gasteiger partial charge in [-0.05, 0) is 36.8 Å². The summed E-state index contributed by atoms with van der Waals surface area (Å²) >= 11 is 0. The van der Waals surface area contributed by atoms with Crippen LogP contribution in [0.2, 0.25) is 0 Å². The summed E-state index contributed by atoms with van der Waals surface area (Å²) in [6, 6.07) is 11.2. The highest BCUT2D eigenvalue weighted by Gasteiger charge is 2.30. The monoisotopic (exact) mass is 890 g/mol. The zero-order valence-corrected chi connectivity index (χ0v) is 37.1. The van der Waals surface area contributed by atoms with Crippen LogP contribution in [0.1, 0.15) is 87.1 Å². The number of alkyl halides is 3. The highest BCUT2D eigenvalue weighted by molar-refractivity contribution is 5.96. The number of nitrogens with one attached hydrogen (secondary N) is 1. The summed E-state index contributed by atoms with van der Waals surface area (Å²) in [5.41, 5.74) is -0.0847. The molecule has 2 rings (SSSR count). The summed E-state index contributed by atoms with van der Waals surface area (Å²) in [5, 5.41) is 2.86. The fraction of sp³-hybridized carbons (Fsp3) is 0.717. The standard InChI is InChI=1S/C46H74F3NO12/c1-2-3-4-5-6-7-8-9-10-13-19-52-20-21-53-22-23-54-24-25-55-26-27-56-28-29-57-30-31-58-32-33-59-34-35-60-36-37-61-38-39-62-45(51)43-17-11-12-18-44(43)50-42-16-14-15-41(40-42)46(47,48)49/h11-12,14-18,40,50H,2-10,13,19-39H2,1H3. The van der Waals surface area contributed by atoms with Gasteiger partial charge in [-0.1, -0.05) is 82.9 Å². The molecule has 0 aromatic heterocycles. The van der Waals surface area contributed by atoms with Crippen molar-refractivity contribution in [3.8, 4) is 0 Å². The molecule has 16 heteroatoms. The number of benzene rings is 2. The number of hydrogen-bond acceptors (Lipinski definition) is 13. The number of unbranched alkanes of at least 4 members (excludes halogenated alkanes) is 9. The smallest absolute Gasteiger partial charge is 0.416 e. The molecule has 0 aliphatic carbocycles. The van der Waals surface area contributed by atoms with Gasteiger partial charge in [-0.25, -0.2) is 4.79 Å². The van der Waals surface area contributed by atoms with Crippen molar-refractivity contribution in [3.05, 3.63) is 59.7 Å². The van der Waals surface area contributed by atoms with Crippen LogP contribution in [0.5, 0.6) is 0 Å². The molecule has 0 unspecified atom stereocenters. The van der Waals surface area contributed by atoms with Gasteiger partial charge in [-0.3, -0.25) is 0 Å². The number of rotatable bonds is 44. The number of para-hydroxylation sites is 1. The number of ether oxygens (including phenoxy) is 11. The summed E-state index contributed by atoms with van der Waals surface area (Å²) in [5.74, 6) is -0.627. The first-order chi connectivity index (χ1) is 30.4. The molecule has 0 aliphatic heterocycles. The van der Waals surface area contributed by atoms with Crippen LogP contribution in [0.25, 0.3) is 0 Å². The molecule has 0 saturated heterocycles. The summed E-state index contributed by atoms with van der Waals surface area (Å²) in [6.07, 6.45) is 8.81. The molecule has 0 heterocycles. The quantitative estimate of drug-likeness (QED) is 0.0504. The van der Waals surface area contributed by atoms with Gasteiger partial charge in [0.2, 0.25) is 0 Å². The Morgan fingerprint density at radius 3 is 1.24 bits per heavy atom. The van der Waals surface area contributed by atoms with Crippen molar-refractivity contribution >= 4 is 17.3 Å². The fourth-order valence-electron chi connectivity index (χ4n) is 5.74. The molecule has 0 aliphatic rings. The Morgan fingerprint density at radius 1 is 0.452 bits per heavy atom. The molecule has 2 aromatic rings. The van der Waals surface area contributed by atoms with Crippen LogP contribution in [-0.4, -0.2) is 145 Å². The van der Waals surface area contributed by atoms with Gasteiger partial charge < -0.3 is 57.4 Å². The summed E-state index contributed by atoms with van der Waals surface area (Å²) < 4.78 is 99.6. The van der Waals surface area contributed by atoms with Gasteiger partial charge >= 0.3 is 12.1 Å². The van der Waals surface area contributed by atoms with Crippen molar-refractivity contribution in [2.75, 3.05) is 144 Å². The van der Waals surface area contributed by atoms with E-state index in [-0.39, 0.29) is 24.5 Å². The van der Waals surface area contributed by atoms with Gasteiger partial charge in [0.25, 0.3) is 0 Å². The number of esters is 1. The van der Waals surface area contributed by atoms with Crippen molar-refractivity contribution in [2.24, 2.45) is 0 Å². The van der Waals surface area contributed by atoms with E-state index in [2.05, 4.69) is 12.2 Å². The second-order valence-corrected chi connectivity index (χ2v) is 14.2. The largest absolute Gasteiger partial charge is 0.460 e. The minimum absolute atomic E-state index is 0.000702. The van der Waals surface area contributed by atoms with Gasteiger partial charge in [-0.2, -0.15) is 13.2 Å². The molecule has 2 aromatic carbocycles. The molecule has 0 bridgehead atoms.